The van der Waals surface area contributed by atoms with E-state index in [-0.39, 0.29) is 47.4 Å². The Kier molecular flexibility index (Phi) is 23.2. The normalized spacial score (nSPS) is 25.6. The summed E-state index contributed by atoms with van der Waals surface area (Å²) in [7, 11) is -9.53. The third-order valence-corrected chi connectivity index (χ3v) is 23.7. The molecular weight excluding hydrogens is 1390 g/mol. The van der Waals surface area contributed by atoms with Crippen LogP contribution in [-0.2, 0) is 39.6 Å². The summed E-state index contributed by atoms with van der Waals surface area (Å²) in [6, 6.07) is 2.89. The SMILES string of the molecule is CCCCOC(=O)/C=C/c1cnc(NC2CCN(S(C)(=O)=O)CC2)nc1N[C@@H]1CCC[C@@]1(C)O.C[C@@]1(O)CCC[C@H]1n1c(=O)c(I)cc2cnc(NC3CCN(S(C)(=O)=O)CC3)nc21.Cc1cc2cnc(NC3CCN(S(C)(=O)=O)CC3)nc2n([C@@H]2CCC[C@@]2(C)O)c1=O. The predicted octanol–water partition coefficient (Wildman–Crippen LogP) is 5.50. The number of halogens is 1. The van der Waals surface area contributed by atoms with Crippen LogP contribution in [-0.4, -0.2) is 204 Å². The van der Waals surface area contributed by atoms with Crippen molar-refractivity contribution in [2.45, 2.75) is 197 Å². The zero-order valence-electron chi connectivity index (χ0n) is 54.9. The van der Waals surface area contributed by atoms with E-state index in [1.165, 1.54) is 37.8 Å². The smallest absolute Gasteiger partial charge is 0.330 e. The van der Waals surface area contributed by atoms with E-state index in [9.17, 15) is 55.0 Å². The molecule has 94 heavy (non-hydrogen) atoms. The predicted molar refractivity (Wildman–Crippen MR) is 370 cm³/mol. The summed E-state index contributed by atoms with van der Waals surface area (Å²) in [5.41, 5.74) is -0.809. The minimum absolute atomic E-state index is 0.0513. The average Bonchev–Trinajstić information content (AvgIpc) is 1.32. The molecular formula is C62H92IN15O13S3. The molecule has 5 aromatic rings. The van der Waals surface area contributed by atoms with Crippen LogP contribution in [0.4, 0.5) is 23.7 Å². The van der Waals surface area contributed by atoms with Crippen molar-refractivity contribution < 1.29 is 50.1 Å². The number of hydrogen-bond donors (Lipinski definition) is 7. The van der Waals surface area contributed by atoms with E-state index in [1.807, 2.05) is 36.4 Å². The fourth-order valence-corrected chi connectivity index (χ4v) is 16.7. The van der Waals surface area contributed by atoms with E-state index in [0.29, 0.717) is 153 Å². The number of pyridine rings is 2. The monoisotopic (exact) mass is 1480 g/mol. The molecule has 28 nitrogen and oxygen atoms in total. The lowest BCUT2D eigenvalue weighted by Gasteiger charge is -2.31. The minimum atomic E-state index is -3.18. The first-order chi connectivity index (χ1) is 44.2. The fourth-order valence-electron chi connectivity index (χ4n) is 13.4. The molecule has 0 aromatic carbocycles. The molecule has 3 saturated heterocycles. The number of unbranched alkanes of at least 4 members (excludes halogenated alkanes) is 1. The number of aliphatic hydroxyl groups is 3. The van der Waals surface area contributed by atoms with Crippen molar-refractivity contribution in [3.8, 4) is 0 Å². The zero-order valence-corrected chi connectivity index (χ0v) is 59.5. The number of sulfonamides is 3. The summed E-state index contributed by atoms with van der Waals surface area (Å²) in [6.45, 7) is 12.3. The number of piperidine rings is 3. The lowest BCUT2D eigenvalue weighted by molar-refractivity contribution is -0.137. The minimum Gasteiger partial charge on any atom is -0.463 e. The largest absolute Gasteiger partial charge is 0.463 e. The van der Waals surface area contributed by atoms with Crippen LogP contribution in [0.5, 0.6) is 0 Å². The van der Waals surface area contributed by atoms with E-state index in [1.54, 1.807) is 66.7 Å². The Morgan fingerprint density at radius 3 is 1.44 bits per heavy atom. The van der Waals surface area contributed by atoms with Crippen LogP contribution >= 0.6 is 22.6 Å². The molecule has 3 aliphatic carbocycles. The van der Waals surface area contributed by atoms with Crippen molar-refractivity contribution >= 4 is 110 Å². The molecule has 6 atom stereocenters. The van der Waals surface area contributed by atoms with Gasteiger partial charge in [0.1, 0.15) is 17.1 Å². The van der Waals surface area contributed by atoms with Crippen LogP contribution in [0.25, 0.3) is 28.1 Å². The van der Waals surface area contributed by atoms with Gasteiger partial charge in [0.2, 0.25) is 47.9 Å². The topological polar surface area (TPSA) is 369 Å². The highest BCUT2D eigenvalue weighted by molar-refractivity contribution is 14.1. The standard InChI is InChI=1S/C23H37N5O5S.C20H29N5O4S.C19H26IN5O4S/c1-4-5-15-33-20(29)9-8-17-16-24-22(25-18-10-13-28(14-11-18)34(3,31)32)27-21(17)26-19-7-6-12-23(19,2)30;1-13-11-14-12-21-19(22-15-6-9-24(10-7-15)30(3,28)29)23-17(14)25(18(13)26)16-5-4-8-20(16,2)27;1-19(27)7-3-4-15(19)25-16-12(10-14(20)17(25)26)11-21-18(23-16)22-13-5-8-24(9-6-13)30(2,28)29/h8-9,16,18-19,30H,4-7,10-15H2,1-3H3,(H2,24,25,26,27);11-12,15-16,27H,4-10H2,1-3H3,(H,21,22,23);10-11,13,15,27H,3-9H2,1-2H3,(H,21,22,23)/b9-8+;;/t19-,23-;16-,20-;15-,19-/m111/s1. The first-order valence-corrected chi connectivity index (χ1v) is 39.1. The number of hydrogen-bond acceptors (Lipinski definition) is 23. The van der Waals surface area contributed by atoms with Gasteiger partial charge in [-0.1, -0.05) is 13.3 Å². The van der Waals surface area contributed by atoms with Gasteiger partial charge in [0.05, 0.1) is 63.9 Å². The summed E-state index contributed by atoms with van der Waals surface area (Å²) in [5, 5.41) is 47.1. The zero-order chi connectivity index (χ0) is 68.1. The maximum absolute atomic E-state index is 13.0. The van der Waals surface area contributed by atoms with E-state index in [4.69, 9.17) is 4.74 Å². The summed E-state index contributed by atoms with van der Waals surface area (Å²) >= 11 is 2.02. The molecule has 32 heteroatoms. The van der Waals surface area contributed by atoms with E-state index < -0.39 is 52.8 Å². The third-order valence-electron chi connectivity index (χ3n) is 19.0. The molecule has 0 bridgehead atoms. The number of rotatable bonds is 18. The van der Waals surface area contributed by atoms with Gasteiger partial charge in [-0.05, 0) is 171 Å². The van der Waals surface area contributed by atoms with Crippen LogP contribution in [0.1, 0.15) is 160 Å². The number of carbonyl (C=O) groups is 1. The maximum Gasteiger partial charge on any atom is 0.330 e. The van der Waals surface area contributed by atoms with Crippen molar-refractivity contribution in [1.82, 2.24) is 52.0 Å². The van der Waals surface area contributed by atoms with Crippen LogP contribution < -0.4 is 32.4 Å². The number of carbonyl (C=O) groups excluding carboxylic acids is 1. The second-order valence-electron chi connectivity index (χ2n) is 26.7. The van der Waals surface area contributed by atoms with Crippen molar-refractivity contribution in [2.75, 3.05) is 85.9 Å². The van der Waals surface area contributed by atoms with Gasteiger partial charge in [0, 0.05) is 104 Å². The lowest BCUT2D eigenvalue weighted by atomic mass is 9.99. The summed E-state index contributed by atoms with van der Waals surface area (Å²) in [6.07, 6.45) is 24.3. The van der Waals surface area contributed by atoms with E-state index >= 15 is 0 Å². The Morgan fingerprint density at radius 1 is 0.606 bits per heavy atom. The van der Waals surface area contributed by atoms with E-state index in [0.717, 1.165) is 62.1 Å². The number of aryl methyl sites for hydroxylation is 1. The molecule has 7 N–H and O–H groups in total. The molecule has 0 amide bonds. The maximum atomic E-state index is 13.0. The Balaban J connectivity index is 0.000000166. The van der Waals surface area contributed by atoms with Gasteiger partial charge in [-0.25, -0.2) is 57.9 Å². The number of fused-ring (bicyclic) bond motifs is 2. The lowest BCUT2D eigenvalue weighted by Crippen LogP contribution is -2.42. The Labute approximate surface area is 563 Å². The second-order valence-corrected chi connectivity index (χ2v) is 33.8. The first-order valence-electron chi connectivity index (χ1n) is 32.5. The molecule has 5 aromatic heterocycles. The van der Waals surface area contributed by atoms with Gasteiger partial charge in [0.15, 0.2) is 0 Å². The summed E-state index contributed by atoms with van der Waals surface area (Å²) in [4.78, 5) is 65.1. The van der Waals surface area contributed by atoms with Crippen LogP contribution in [0.3, 0.4) is 0 Å². The number of anilines is 4. The molecule has 11 rings (SSSR count). The van der Waals surface area contributed by atoms with Gasteiger partial charge in [-0.2, -0.15) is 15.0 Å². The van der Waals surface area contributed by atoms with Crippen molar-refractivity contribution in [2.24, 2.45) is 0 Å². The van der Waals surface area contributed by atoms with Crippen molar-refractivity contribution in [3.63, 3.8) is 0 Å². The van der Waals surface area contributed by atoms with Crippen LogP contribution in [0.2, 0.25) is 0 Å². The Bertz CT molecular complexity index is 3860. The molecule has 0 radical (unpaired) electrons. The van der Waals surface area contributed by atoms with E-state index in [2.05, 4.69) is 51.2 Å². The van der Waals surface area contributed by atoms with Crippen molar-refractivity contribution in [1.29, 1.82) is 0 Å². The molecule has 6 fully saturated rings. The number of nitrogens with zero attached hydrogens (tertiary/aromatic N) is 11. The van der Waals surface area contributed by atoms with Gasteiger partial charge in [0.25, 0.3) is 11.1 Å². The summed E-state index contributed by atoms with van der Waals surface area (Å²) < 4.78 is 83.8. The molecule has 0 spiro atoms. The third kappa shape index (κ3) is 18.1. The molecule has 6 aliphatic rings. The molecule has 0 unspecified atom stereocenters. The average molecular weight is 1480 g/mol. The van der Waals surface area contributed by atoms with Crippen LogP contribution in [0.15, 0.2) is 46.4 Å². The van der Waals surface area contributed by atoms with Gasteiger partial charge >= 0.3 is 5.97 Å². The van der Waals surface area contributed by atoms with Gasteiger partial charge < -0.3 is 41.3 Å². The van der Waals surface area contributed by atoms with Crippen molar-refractivity contribution in [3.05, 3.63) is 72.2 Å². The molecule has 518 valence electrons. The Morgan fingerprint density at radius 2 is 1.02 bits per heavy atom. The fraction of sp³-hybridized carbons (Fsp3) is 0.661. The number of nitrogens with one attached hydrogen (secondary N) is 4. The van der Waals surface area contributed by atoms with Crippen LogP contribution in [0, 0.1) is 10.5 Å². The second kappa shape index (κ2) is 30.0. The Hall–Kier alpha value is -5.59. The molecule has 3 saturated carbocycles. The highest BCUT2D eigenvalue weighted by atomic mass is 127. The quantitative estimate of drug-likeness (QED) is 0.0246. The first kappa shape index (κ1) is 72.7. The number of aromatic nitrogens is 8. The summed E-state index contributed by atoms with van der Waals surface area (Å²) in [5.74, 6) is 1.34. The highest BCUT2D eigenvalue weighted by Crippen LogP contribution is 2.41. The molecule has 8 heterocycles. The van der Waals surface area contributed by atoms with Gasteiger partial charge in [-0.3, -0.25) is 18.7 Å². The number of ether oxygens (including phenoxy) is 1. The number of esters is 1. The highest BCUT2D eigenvalue weighted by Gasteiger charge is 2.42. The van der Waals surface area contributed by atoms with Gasteiger partial charge in [-0.15, -0.1) is 0 Å². The molecule has 3 aliphatic heterocycles.